The fraction of sp³-hybridized carbons (Fsp3) is 1.00. The summed E-state index contributed by atoms with van der Waals surface area (Å²) in [6, 6.07) is 0. The van der Waals surface area contributed by atoms with Crippen LogP contribution in [0.3, 0.4) is 0 Å². The Hall–Kier alpha value is -0.290. The summed E-state index contributed by atoms with van der Waals surface area (Å²) in [5.41, 5.74) is 5.11. The van der Waals surface area contributed by atoms with Gasteiger partial charge in [0.2, 0.25) is 0 Å². The molecule has 0 radical (unpaired) electrons. The van der Waals surface area contributed by atoms with Gasteiger partial charge in [0.25, 0.3) is 0 Å². The SMILES string of the molecule is CCN(CC(F)(F)F)C(CC)(CC)CN. The first kappa shape index (κ1) is 14.7. The maximum atomic E-state index is 12.3. The van der Waals surface area contributed by atoms with E-state index in [-0.39, 0.29) is 6.54 Å². The molecule has 0 heterocycles. The number of rotatable bonds is 6. The van der Waals surface area contributed by atoms with E-state index < -0.39 is 18.3 Å². The predicted molar refractivity (Wildman–Crippen MR) is 55.7 cm³/mol. The summed E-state index contributed by atoms with van der Waals surface area (Å²) in [6.45, 7) is 5.27. The van der Waals surface area contributed by atoms with E-state index in [2.05, 4.69) is 0 Å². The highest BCUT2D eigenvalue weighted by Gasteiger charge is 2.38. The van der Waals surface area contributed by atoms with Crippen LogP contribution in [0.15, 0.2) is 0 Å². The third-order valence-electron chi connectivity index (χ3n) is 3.12. The molecular formula is C10H21F3N2. The van der Waals surface area contributed by atoms with Crippen LogP contribution in [0.4, 0.5) is 13.2 Å². The number of likely N-dealkylation sites (N-methyl/N-ethyl adjacent to an activating group) is 1. The van der Waals surface area contributed by atoms with Crippen LogP contribution in [0.1, 0.15) is 33.6 Å². The van der Waals surface area contributed by atoms with Gasteiger partial charge in [-0.25, -0.2) is 0 Å². The highest BCUT2D eigenvalue weighted by molar-refractivity contribution is 4.90. The lowest BCUT2D eigenvalue weighted by molar-refractivity contribution is -0.159. The van der Waals surface area contributed by atoms with Gasteiger partial charge in [0.15, 0.2) is 0 Å². The first-order chi connectivity index (χ1) is 6.85. The van der Waals surface area contributed by atoms with Crippen molar-refractivity contribution in [1.29, 1.82) is 0 Å². The van der Waals surface area contributed by atoms with Crippen LogP contribution in [0.25, 0.3) is 0 Å². The molecule has 0 aliphatic carbocycles. The molecule has 0 bridgehead atoms. The number of hydrogen-bond donors (Lipinski definition) is 1. The molecule has 0 aliphatic rings. The normalized spacial score (nSPS) is 13.6. The summed E-state index contributed by atoms with van der Waals surface area (Å²) >= 11 is 0. The number of hydrogen-bond acceptors (Lipinski definition) is 2. The number of nitrogens with zero attached hydrogens (tertiary/aromatic N) is 1. The van der Waals surface area contributed by atoms with Gasteiger partial charge in [-0.1, -0.05) is 20.8 Å². The van der Waals surface area contributed by atoms with Gasteiger partial charge >= 0.3 is 6.18 Å². The monoisotopic (exact) mass is 226 g/mol. The fourth-order valence-corrected chi connectivity index (χ4v) is 1.95. The zero-order valence-corrected chi connectivity index (χ0v) is 9.69. The van der Waals surface area contributed by atoms with Crippen LogP contribution in [-0.2, 0) is 0 Å². The van der Waals surface area contributed by atoms with Crippen LogP contribution < -0.4 is 5.73 Å². The standard InChI is InChI=1S/C10H21F3N2/c1-4-9(5-2,7-14)15(6-3)8-10(11,12)13/h4-8,14H2,1-3H3. The maximum absolute atomic E-state index is 12.3. The van der Waals surface area contributed by atoms with Crippen molar-refractivity contribution < 1.29 is 13.2 Å². The second-order valence-electron chi connectivity index (χ2n) is 3.76. The van der Waals surface area contributed by atoms with Crippen molar-refractivity contribution in [1.82, 2.24) is 4.90 Å². The highest BCUT2D eigenvalue weighted by Crippen LogP contribution is 2.27. The van der Waals surface area contributed by atoms with Crippen molar-refractivity contribution >= 4 is 0 Å². The molecule has 0 unspecified atom stereocenters. The number of alkyl halides is 3. The molecule has 0 atom stereocenters. The summed E-state index contributed by atoms with van der Waals surface area (Å²) in [6.07, 6.45) is -2.87. The van der Waals surface area contributed by atoms with Gasteiger partial charge in [0.05, 0.1) is 6.54 Å². The second kappa shape index (κ2) is 5.70. The number of nitrogens with two attached hydrogens (primary N) is 1. The van der Waals surface area contributed by atoms with Gasteiger partial charge in [-0.05, 0) is 19.4 Å². The minimum Gasteiger partial charge on any atom is -0.329 e. The first-order valence-corrected chi connectivity index (χ1v) is 5.37. The minimum atomic E-state index is -4.15. The van der Waals surface area contributed by atoms with Crippen LogP contribution in [-0.4, -0.2) is 36.2 Å². The summed E-state index contributed by atoms with van der Waals surface area (Å²) < 4.78 is 37.0. The minimum absolute atomic E-state index is 0.268. The van der Waals surface area contributed by atoms with Crippen LogP contribution in [0, 0.1) is 0 Å². The molecule has 0 saturated heterocycles. The van der Waals surface area contributed by atoms with Crippen LogP contribution in [0.2, 0.25) is 0 Å². The Labute approximate surface area is 89.6 Å². The lowest BCUT2D eigenvalue weighted by Crippen LogP contribution is -2.55. The molecule has 2 nitrogen and oxygen atoms in total. The lowest BCUT2D eigenvalue weighted by Gasteiger charge is -2.42. The molecule has 0 fully saturated rings. The lowest BCUT2D eigenvalue weighted by atomic mass is 9.90. The quantitative estimate of drug-likeness (QED) is 0.753. The topological polar surface area (TPSA) is 29.3 Å². The average Bonchev–Trinajstić information content (AvgIpc) is 2.17. The molecule has 92 valence electrons. The molecule has 0 saturated carbocycles. The van der Waals surface area contributed by atoms with Gasteiger partial charge in [0, 0.05) is 12.1 Å². The second-order valence-corrected chi connectivity index (χ2v) is 3.76. The Bertz CT molecular complexity index is 168. The van der Waals surface area contributed by atoms with Gasteiger partial charge < -0.3 is 5.73 Å². The van der Waals surface area contributed by atoms with E-state index >= 15 is 0 Å². The van der Waals surface area contributed by atoms with Crippen molar-refractivity contribution in [2.45, 2.75) is 45.3 Å². The van der Waals surface area contributed by atoms with Crippen molar-refractivity contribution in [3.05, 3.63) is 0 Å². The van der Waals surface area contributed by atoms with Gasteiger partial charge in [-0.15, -0.1) is 0 Å². The molecule has 0 aromatic rings. The molecule has 15 heavy (non-hydrogen) atoms. The Morgan fingerprint density at radius 1 is 1.07 bits per heavy atom. The maximum Gasteiger partial charge on any atom is 0.401 e. The van der Waals surface area contributed by atoms with Crippen LogP contribution in [0.5, 0.6) is 0 Å². The zero-order chi connectivity index (χ0) is 12.1. The summed E-state index contributed by atoms with van der Waals surface area (Å²) in [4.78, 5) is 1.44. The smallest absolute Gasteiger partial charge is 0.329 e. The summed E-state index contributed by atoms with van der Waals surface area (Å²) in [7, 11) is 0. The third-order valence-corrected chi connectivity index (χ3v) is 3.12. The highest BCUT2D eigenvalue weighted by atomic mass is 19.4. The van der Waals surface area contributed by atoms with Gasteiger partial charge in [-0.3, -0.25) is 4.90 Å². The molecule has 0 amide bonds. The molecule has 5 heteroatoms. The van der Waals surface area contributed by atoms with E-state index in [0.29, 0.717) is 19.4 Å². The van der Waals surface area contributed by atoms with Crippen molar-refractivity contribution in [2.24, 2.45) is 5.73 Å². The predicted octanol–water partition coefficient (Wildman–Crippen LogP) is 2.39. The molecule has 2 N–H and O–H groups in total. The van der Waals surface area contributed by atoms with E-state index in [1.165, 1.54) is 4.90 Å². The molecule has 0 rings (SSSR count). The molecule has 0 spiro atoms. The molecule has 0 aromatic carbocycles. The Morgan fingerprint density at radius 3 is 1.73 bits per heavy atom. The largest absolute Gasteiger partial charge is 0.401 e. The van der Waals surface area contributed by atoms with Gasteiger partial charge in [0.1, 0.15) is 0 Å². The summed E-state index contributed by atoms with van der Waals surface area (Å²) in [5.74, 6) is 0. The van der Waals surface area contributed by atoms with Crippen molar-refractivity contribution in [3.63, 3.8) is 0 Å². The molecule has 0 aromatic heterocycles. The average molecular weight is 226 g/mol. The number of halogens is 3. The van der Waals surface area contributed by atoms with Crippen LogP contribution >= 0.6 is 0 Å². The van der Waals surface area contributed by atoms with Crippen molar-refractivity contribution in [2.75, 3.05) is 19.6 Å². The molecular weight excluding hydrogens is 205 g/mol. The van der Waals surface area contributed by atoms with E-state index in [9.17, 15) is 13.2 Å². The van der Waals surface area contributed by atoms with E-state index in [0.717, 1.165) is 0 Å². The molecule has 0 aliphatic heterocycles. The Kier molecular flexibility index (Phi) is 5.59. The van der Waals surface area contributed by atoms with E-state index in [4.69, 9.17) is 5.73 Å². The summed E-state index contributed by atoms with van der Waals surface area (Å²) in [5, 5.41) is 0. The van der Waals surface area contributed by atoms with Crippen molar-refractivity contribution in [3.8, 4) is 0 Å². The first-order valence-electron chi connectivity index (χ1n) is 5.37. The van der Waals surface area contributed by atoms with E-state index in [1.54, 1.807) is 6.92 Å². The Balaban J connectivity index is 4.74. The van der Waals surface area contributed by atoms with E-state index in [1.807, 2.05) is 13.8 Å². The third kappa shape index (κ3) is 3.99. The zero-order valence-electron chi connectivity index (χ0n) is 9.69. The van der Waals surface area contributed by atoms with Gasteiger partial charge in [-0.2, -0.15) is 13.2 Å². The fourth-order valence-electron chi connectivity index (χ4n) is 1.95. The Morgan fingerprint density at radius 2 is 1.53 bits per heavy atom.